The minimum Gasteiger partial charge on any atom is -0.744 e. The molecule has 0 amide bonds. The van der Waals surface area contributed by atoms with Gasteiger partial charge in [-0.1, -0.05) is 6.07 Å². The summed E-state index contributed by atoms with van der Waals surface area (Å²) in [4.78, 5) is 9.58. The van der Waals surface area contributed by atoms with Crippen LogP contribution in [-0.4, -0.2) is 32.2 Å². The maximum absolute atomic E-state index is 11.1. The van der Waals surface area contributed by atoms with E-state index in [1.165, 1.54) is 0 Å². The van der Waals surface area contributed by atoms with Crippen LogP contribution in [0.25, 0.3) is 10.8 Å². The second-order valence-electron chi connectivity index (χ2n) is 4.11. The number of carbonyl (C=O) groups is 1. The van der Waals surface area contributed by atoms with Gasteiger partial charge in [-0.25, -0.2) is 16.8 Å². The van der Waals surface area contributed by atoms with Gasteiger partial charge >= 0.3 is 59.1 Å². The van der Waals surface area contributed by atoms with Gasteiger partial charge in [0.25, 0.3) is 0 Å². The Morgan fingerprint density at radius 1 is 0.957 bits per heavy atom. The van der Waals surface area contributed by atoms with Gasteiger partial charge in [0, 0.05) is 5.56 Å². The predicted molar refractivity (Wildman–Crippen MR) is 69.7 cm³/mol. The molecule has 0 aliphatic heterocycles. The monoisotopic (exact) mass is 375 g/mol. The van der Waals surface area contributed by atoms with Crippen LogP contribution in [0.2, 0.25) is 0 Å². The summed E-state index contributed by atoms with van der Waals surface area (Å²) in [5, 5.41) is 0.0555. The molecule has 0 unspecified atom stereocenters. The SMILES string of the molecule is Nc1c(S(=O)(=O)[O-])cc2cc(S(=O)(=O)[O-])ccc2c1C=O.[Na+].[Na+]. The molecule has 0 aliphatic carbocycles. The molecule has 0 aromatic heterocycles. The van der Waals surface area contributed by atoms with Crippen molar-refractivity contribution in [1.29, 1.82) is 0 Å². The van der Waals surface area contributed by atoms with Gasteiger partial charge in [-0.3, -0.25) is 4.79 Å². The normalized spacial score (nSPS) is 11.4. The zero-order valence-electron chi connectivity index (χ0n) is 12.1. The summed E-state index contributed by atoms with van der Waals surface area (Å²) in [5.41, 5.74) is 4.69. The van der Waals surface area contributed by atoms with Crippen LogP contribution in [0.3, 0.4) is 0 Å². The van der Waals surface area contributed by atoms with E-state index in [4.69, 9.17) is 5.73 Å². The number of nitrogen functional groups attached to an aromatic ring is 1. The zero-order valence-corrected chi connectivity index (χ0v) is 17.8. The Labute approximate surface area is 176 Å². The standard InChI is InChI=1S/C11H9NO7S2.2Na/c12-11-9(5-13)8-2-1-7(20(14,15)16)3-6(8)4-10(11)21(17,18)19;;/h1-5H,12H2,(H,14,15,16)(H,17,18,19);;/q;2*+1/p-2. The summed E-state index contributed by atoms with van der Waals surface area (Å²) < 4.78 is 66.2. The van der Waals surface area contributed by atoms with E-state index in [0.29, 0.717) is 0 Å². The van der Waals surface area contributed by atoms with Gasteiger partial charge in [0.2, 0.25) is 0 Å². The smallest absolute Gasteiger partial charge is 0.744 e. The summed E-state index contributed by atoms with van der Waals surface area (Å²) in [6, 6.07) is 3.80. The number of nitrogens with two attached hydrogens (primary N) is 1. The Morgan fingerprint density at radius 3 is 1.96 bits per heavy atom. The Bertz CT molecular complexity index is 972. The second kappa shape index (κ2) is 7.91. The molecule has 0 aliphatic rings. The first kappa shape index (κ1) is 23.0. The fourth-order valence-corrected chi connectivity index (χ4v) is 3.05. The number of hydrogen-bond acceptors (Lipinski definition) is 8. The Hall–Kier alpha value is -0.01000. The van der Waals surface area contributed by atoms with Gasteiger partial charge in [0.15, 0.2) is 6.29 Å². The number of anilines is 1. The van der Waals surface area contributed by atoms with E-state index in [2.05, 4.69) is 0 Å². The molecule has 0 spiro atoms. The summed E-state index contributed by atoms with van der Waals surface area (Å²) in [7, 11) is -9.74. The van der Waals surface area contributed by atoms with Crippen LogP contribution in [0.5, 0.6) is 0 Å². The largest absolute Gasteiger partial charge is 1.00 e. The third kappa shape index (κ3) is 4.75. The third-order valence-corrected chi connectivity index (χ3v) is 4.54. The quantitative estimate of drug-likeness (QED) is 0.240. The number of benzene rings is 2. The fraction of sp³-hybridized carbons (Fsp3) is 0. The van der Waals surface area contributed by atoms with Crippen molar-refractivity contribution in [1.82, 2.24) is 0 Å². The molecular formula is C11H7NNa2O7S2. The van der Waals surface area contributed by atoms with Gasteiger partial charge in [-0.15, -0.1) is 0 Å². The van der Waals surface area contributed by atoms with Crippen molar-refractivity contribution in [2.45, 2.75) is 9.79 Å². The van der Waals surface area contributed by atoms with Crippen molar-refractivity contribution in [3.63, 3.8) is 0 Å². The number of hydrogen-bond donors (Lipinski definition) is 1. The molecule has 2 aromatic rings. The average molecular weight is 375 g/mol. The third-order valence-electron chi connectivity index (χ3n) is 2.83. The van der Waals surface area contributed by atoms with E-state index < -0.39 is 35.7 Å². The fourth-order valence-electron chi connectivity index (χ4n) is 1.89. The molecule has 23 heavy (non-hydrogen) atoms. The van der Waals surface area contributed by atoms with E-state index in [-0.39, 0.29) is 81.7 Å². The van der Waals surface area contributed by atoms with E-state index in [1.807, 2.05) is 0 Å². The van der Waals surface area contributed by atoms with Crippen LogP contribution >= 0.6 is 0 Å². The van der Waals surface area contributed by atoms with Crippen LogP contribution in [0.1, 0.15) is 10.4 Å². The van der Waals surface area contributed by atoms with Crippen molar-refractivity contribution < 1.29 is 89.9 Å². The van der Waals surface area contributed by atoms with Crippen molar-refractivity contribution >= 4 is 43.0 Å². The Morgan fingerprint density at radius 2 is 1.52 bits per heavy atom. The van der Waals surface area contributed by atoms with Crippen molar-refractivity contribution in [2.75, 3.05) is 5.73 Å². The first-order valence-electron chi connectivity index (χ1n) is 5.29. The van der Waals surface area contributed by atoms with E-state index in [1.54, 1.807) is 0 Å². The van der Waals surface area contributed by atoms with Crippen molar-refractivity contribution in [2.24, 2.45) is 0 Å². The number of aldehydes is 1. The Kier molecular flexibility index (Phi) is 7.91. The second-order valence-corrected chi connectivity index (χ2v) is 6.84. The van der Waals surface area contributed by atoms with Crippen LogP contribution in [-0.2, 0) is 20.2 Å². The zero-order chi connectivity index (χ0) is 16.0. The summed E-state index contributed by atoms with van der Waals surface area (Å²) in [5.74, 6) is 0. The first-order chi connectivity index (χ1) is 9.55. The molecule has 0 saturated heterocycles. The van der Waals surface area contributed by atoms with Gasteiger partial charge < -0.3 is 14.8 Å². The molecule has 2 aromatic carbocycles. The molecule has 12 heteroatoms. The van der Waals surface area contributed by atoms with E-state index >= 15 is 0 Å². The minimum absolute atomic E-state index is 0. The molecule has 112 valence electrons. The van der Waals surface area contributed by atoms with Crippen LogP contribution in [0.4, 0.5) is 5.69 Å². The summed E-state index contributed by atoms with van der Waals surface area (Å²) >= 11 is 0. The van der Waals surface area contributed by atoms with Crippen LogP contribution < -0.4 is 64.8 Å². The average Bonchev–Trinajstić information content (AvgIpc) is 2.35. The molecule has 0 radical (unpaired) electrons. The molecule has 8 nitrogen and oxygen atoms in total. The van der Waals surface area contributed by atoms with Crippen LogP contribution in [0, 0.1) is 0 Å². The van der Waals surface area contributed by atoms with Crippen molar-refractivity contribution in [3.8, 4) is 0 Å². The Balaban J connectivity index is 0.00000242. The molecule has 0 heterocycles. The van der Waals surface area contributed by atoms with Gasteiger partial charge in [0.05, 0.1) is 15.5 Å². The van der Waals surface area contributed by atoms with Gasteiger partial charge in [-0.05, 0) is 29.0 Å². The molecule has 2 rings (SSSR count). The molecule has 2 N–H and O–H groups in total. The predicted octanol–water partition coefficient (Wildman–Crippen LogP) is -5.95. The van der Waals surface area contributed by atoms with E-state index in [9.17, 15) is 30.7 Å². The molecule has 0 atom stereocenters. The topological polar surface area (TPSA) is 157 Å². The minimum atomic E-state index is -4.97. The van der Waals surface area contributed by atoms with Gasteiger partial charge in [0.1, 0.15) is 20.2 Å². The molecular weight excluding hydrogens is 368 g/mol. The van der Waals surface area contributed by atoms with Crippen molar-refractivity contribution in [3.05, 3.63) is 29.8 Å². The van der Waals surface area contributed by atoms with E-state index in [0.717, 1.165) is 24.3 Å². The summed E-state index contributed by atoms with van der Waals surface area (Å²) in [6.45, 7) is 0. The number of carbonyl (C=O) groups excluding carboxylic acids is 1. The molecule has 0 saturated carbocycles. The molecule has 0 fully saturated rings. The van der Waals surface area contributed by atoms with Gasteiger partial charge in [-0.2, -0.15) is 0 Å². The summed E-state index contributed by atoms with van der Waals surface area (Å²) in [6.07, 6.45) is 0.248. The maximum Gasteiger partial charge on any atom is 1.00 e. The number of fused-ring (bicyclic) bond motifs is 1. The molecule has 0 bridgehead atoms. The van der Waals surface area contributed by atoms with Crippen LogP contribution in [0.15, 0.2) is 34.1 Å². The first-order valence-corrected chi connectivity index (χ1v) is 8.10. The maximum atomic E-state index is 11.1. The number of rotatable bonds is 3.